The van der Waals surface area contributed by atoms with Gasteiger partial charge in [0.2, 0.25) is 0 Å². The molecular formula is C21H40O3. The molecule has 4 atom stereocenters. The summed E-state index contributed by atoms with van der Waals surface area (Å²) in [4.78, 5) is 11.0. The Morgan fingerprint density at radius 3 is 1.88 bits per heavy atom. The number of esters is 1. The maximum absolute atomic E-state index is 11.0. The standard InChI is InChI=1S/C21H40O3/c1-5-6-11-14-19-17(2)18(3)20(24-19)15-12-9-7-8-10-13-16-21(22)23-4/h17-20H,5-16H2,1-4H3. The lowest BCUT2D eigenvalue weighted by Crippen LogP contribution is -2.16. The van der Waals surface area contributed by atoms with Gasteiger partial charge in [-0.3, -0.25) is 4.79 Å². The second kappa shape index (κ2) is 12.7. The van der Waals surface area contributed by atoms with Crippen LogP contribution in [0.3, 0.4) is 0 Å². The lowest BCUT2D eigenvalue weighted by molar-refractivity contribution is -0.140. The first-order valence-corrected chi connectivity index (χ1v) is 10.3. The topological polar surface area (TPSA) is 35.5 Å². The highest BCUT2D eigenvalue weighted by atomic mass is 16.5. The second-order valence-corrected chi connectivity index (χ2v) is 7.66. The molecule has 1 heterocycles. The molecule has 1 aliphatic rings. The Morgan fingerprint density at radius 1 is 0.833 bits per heavy atom. The molecule has 1 saturated heterocycles. The molecule has 1 rings (SSSR count). The molecule has 0 aliphatic carbocycles. The van der Waals surface area contributed by atoms with Gasteiger partial charge in [0.05, 0.1) is 19.3 Å². The quantitative estimate of drug-likeness (QED) is 0.309. The Bertz CT molecular complexity index is 329. The summed E-state index contributed by atoms with van der Waals surface area (Å²) in [6.45, 7) is 7.02. The van der Waals surface area contributed by atoms with Crippen LogP contribution in [0.4, 0.5) is 0 Å². The molecule has 0 radical (unpaired) electrons. The highest BCUT2D eigenvalue weighted by molar-refractivity contribution is 5.68. The first-order chi connectivity index (χ1) is 11.6. The van der Waals surface area contributed by atoms with Crippen molar-refractivity contribution < 1.29 is 14.3 Å². The number of hydrogen-bond donors (Lipinski definition) is 0. The monoisotopic (exact) mass is 340 g/mol. The van der Waals surface area contributed by atoms with Gasteiger partial charge in [-0.2, -0.15) is 0 Å². The fourth-order valence-corrected chi connectivity index (χ4v) is 3.83. The van der Waals surface area contributed by atoms with Crippen molar-refractivity contribution in [2.75, 3.05) is 7.11 Å². The van der Waals surface area contributed by atoms with E-state index in [4.69, 9.17) is 4.74 Å². The molecule has 4 unspecified atom stereocenters. The van der Waals surface area contributed by atoms with Gasteiger partial charge in [0.15, 0.2) is 0 Å². The smallest absolute Gasteiger partial charge is 0.305 e. The third kappa shape index (κ3) is 8.00. The van der Waals surface area contributed by atoms with Crippen LogP contribution >= 0.6 is 0 Å². The van der Waals surface area contributed by atoms with E-state index in [0.29, 0.717) is 30.5 Å². The zero-order chi connectivity index (χ0) is 17.8. The first kappa shape index (κ1) is 21.5. The molecule has 0 N–H and O–H groups in total. The zero-order valence-corrected chi connectivity index (χ0v) is 16.5. The van der Waals surface area contributed by atoms with E-state index in [1.807, 2.05) is 0 Å². The third-order valence-corrected chi connectivity index (χ3v) is 5.79. The van der Waals surface area contributed by atoms with Crippen LogP contribution in [0.15, 0.2) is 0 Å². The molecule has 0 spiro atoms. The normalized spacial score (nSPS) is 26.7. The molecule has 0 aromatic carbocycles. The molecule has 24 heavy (non-hydrogen) atoms. The van der Waals surface area contributed by atoms with E-state index in [1.165, 1.54) is 64.9 Å². The molecule has 3 nitrogen and oxygen atoms in total. The molecule has 3 heteroatoms. The Labute approximate surface area is 149 Å². The number of unbranched alkanes of at least 4 members (excludes halogenated alkanes) is 7. The highest BCUT2D eigenvalue weighted by Crippen LogP contribution is 2.37. The minimum absolute atomic E-state index is 0.0787. The van der Waals surface area contributed by atoms with Gasteiger partial charge in [0.25, 0.3) is 0 Å². The number of methoxy groups -OCH3 is 1. The summed E-state index contributed by atoms with van der Waals surface area (Å²) < 4.78 is 11.0. The fraction of sp³-hybridized carbons (Fsp3) is 0.952. The fourth-order valence-electron chi connectivity index (χ4n) is 3.83. The van der Waals surface area contributed by atoms with Crippen molar-refractivity contribution in [1.82, 2.24) is 0 Å². The van der Waals surface area contributed by atoms with Crippen LogP contribution in [0.25, 0.3) is 0 Å². The van der Waals surface area contributed by atoms with Gasteiger partial charge in [-0.25, -0.2) is 0 Å². The van der Waals surface area contributed by atoms with Gasteiger partial charge in [-0.1, -0.05) is 72.1 Å². The molecule has 0 aromatic rings. The molecule has 142 valence electrons. The van der Waals surface area contributed by atoms with E-state index in [1.54, 1.807) is 0 Å². The molecule has 0 saturated carbocycles. The summed E-state index contributed by atoms with van der Waals surface area (Å²) in [6.07, 6.45) is 15.1. The number of rotatable bonds is 13. The van der Waals surface area contributed by atoms with Crippen LogP contribution in [-0.4, -0.2) is 25.3 Å². The largest absolute Gasteiger partial charge is 0.469 e. The zero-order valence-electron chi connectivity index (χ0n) is 16.5. The molecule has 0 amide bonds. The number of carbonyl (C=O) groups is 1. The highest BCUT2D eigenvalue weighted by Gasteiger charge is 2.37. The van der Waals surface area contributed by atoms with E-state index < -0.39 is 0 Å². The SMILES string of the molecule is CCCCCC1OC(CCCCCCCCC(=O)OC)C(C)C1C. The first-order valence-electron chi connectivity index (χ1n) is 10.3. The van der Waals surface area contributed by atoms with Crippen molar-refractivity contribution >= 4 is 5.97 Å². The van der Waals surface area contributed by atoms with Gasteiger partial charge in [0.1, 0.15) is 0 Å². The summed E-state index contributed by atoms with van der Waals surface area (Å²) in [5, 5.41) is 0. The Kier molecular flexibility index (Phi) is 11.4. The summed E-state index contributed by atoms with van der Waals surface area (Å²) in [5.74, 6) is 1.34. The van der Waals surface area contributed by atoms with Crippen molar-refractivity contribution in [3.8, 4) is 0 Å². The minimum Gasteiger partial charge on any atom is -0.469 e. The summed E-state index contributed by atoms with van der Waals surface area (Å²) in [7, 11) is 1.46. The Hall–Kier alpha value is -0.570. The average molecular weight is 341 g/mol. The number of hydrogen-bond acceptors (Lipinski definition) is 3. The average Bonchev–Trinajstić information content (AvgIpc) is 2.85. The maximum atomic E-state index is 11.0. The van der Waals surface area contributed by atoms with Crippen LogP contribution in [0.1, 0.15) is 97.8 Å². The van der Waals surface area contributed by atoms with Crippen molar-refractivity contribution in [2.45, 2.75) is 110 Å². The maximum Gasteiger partial charge on any atom is 0.305 e. The van der Waals surface area contributed by atoms with Gasteiger partial charge in [-0.15, -0.1) is 0 Å². The Morgan fingerprint density at radius 2 is 1.33 bits per heavy atom. The third-order valence-electron chi connectivity index (χ3n) is 5.79. The van der Waals surface area contributed by atoms with Gasteiger partial charge < -0.3 is 9.47 Å². The van der Waals surface area contributed by atoms with Crippen LogP contribution in [0.5, 0.6) is 0 Å². The predicted octanol–water partition coefficient (Wildman–Crippen LogP) is 5.90. The van der Waals surface area contributed by atoms with Crippen molar-refractivity contribution in [3.63, 3.8) is 0 Å². The molecule has 1 aliphatic heterocycles. The van der Waals surface area contributed by atoms with Crippen LogP contribution in [0.2, 0.25) is 0 Å². The van der Waals surface area contributed by atoms with E-state index in [2.05, 4.69) is 25.5 Å². The second-order valence-electron chi connectivity index (χ2n) is 7.66. The predicted molar refractivity (Wildman–Crippen MR) is 100 cm³/mol. The van der Waals surface area contributed by atoms with Crippen molar-refractivity contribution in [2.24, 2.45) is 11.8 Å². The van der Waals surface area contributed by atoms with E-state index >= 15 is 0 Å². The van der Waals surface area contributed by atoms with Crippen molar-refractivity contribution in [1.29, 1.82) is 0 Å². The minimum atomic E-state index is -0.0787. The van der Waals surface area contributed by atoms with E-state index in [9.17, 15) is 4.79 Å². The number of ether oxygens (including phenoxy) is 2. The van der Waals surface area contributed by atoms with E-state index in [-0.39, 0.29) is 5.97 Å². The summed E-state index contributed by atoms with van der Waals surface area (Å²) >= 11 is 0. The molecule has 0 aromatic heterocycles. The lowest BCUT2D eigenvalue weighted by Gasteiger charge is -2.15. The summed E-state index contributed by atoms with van der Waals surface area (Å²) in [5.41, 5.74) is 0. The molecule has 0 bridgehead atoms. The van der Waals surface area contributed by atoms with Gasteiger partial charge >= 0.3 is 5.97 Å². The summed E-state index contributed by atoms with van der Waals surface area (Å²) in [6, 6.07) is 0. The van der Waals surface area contributed by atoms with Crippen LogP contribution < -0.4 is 0 Å². The van der Waals surface area contributed by atoms with Crippen LogP contribution in [0, 0.1) is 11.8 Å². The molecular weight excluding hydrogens is 300 g/mol. The van der Waals surface area contributed by atoms with E-state index in [0.717, 1.165) is 12.8 Å². The molecule has 1 fully saturated rings. The van der Waals surface area contributed by atoms with Crippen molar-refractivity contribution in [3.05, 3.63) is 0 Å². The van der Waals surface area contributed by atoms with Crippen LogP contribution in [-0.2, 0) is 14.3 Å². The van der Waals surface area contributed by atoms with Gasteiger partial charge in [0, 0.05) is 6.42 Å². The number of carbonyl (C=O) groups excluding carboxylic acids is 1. The van der Waals surface area contributed by atoms with Gasteiger partial charge in [-0.05, 0) is 31.1 Å². The Balaban J connectivity index is 2.05. The lowest BCUT2D eigenvalue weighted by atomic mass is 9.87.